The molecule has 0 aromatic heterocycles. The quantitative estimate of drug-likeness (QED) is 0.319. The zero-order valence-corrected chi connectivity index (χ0v) is 24.3. The molecule has 208 valence electrons. The second-order valence-corrected chi connectivity index (χ2v) is 12.8. The van der Waals surface area contributed by atoms with Crippen molar-refractivity contribution in [2.24, 2.45) is 11.8 Å². The largest absolute Gasteiger partial charge is 0.490 e. The number of allylic oxidation sites excluding steroid dienone is 1. The third kappa shape index (κ3) is 6.10. The first-order valence-electron chi connectivity index (χ1n) is 14.7. The topological polar surface area (TPSA) is 12.5 Å². The number of benzene rings is 2. The standard InChI is InChI=1S/C34H47F2NO/c1-7-9-21-38-30-19-18-29(31(35)32(30)36)27-16-14-25(15-17-27)24-10-12-26(13-11-24)28-22-33(3,4)37(20-8-2)34(5,6)23-28/h8,14-20,24,26,28H,7,9-13,21-23H2,1-6H3/b20-8+. The van der Waals surface area contributed by atoms with Gasteiger partial charge in [0.05, 0.1) is 6.61 Å². The van der Waals surface area contributed by atoms with Gasteiger partial charge in [-0.3, -0.25) is 0 Å². The van der Waals surface area contributed by atoms with Gasteiger partial charge in [0.1, 0.15) is 0 Å². The maximum absolute atomic E-state index is 14.8. The van der Waals surface area contributed by atoms with Crippen LogP contribution in [0.25, 0.3) is 11.1 Å². The molecule has 1 heterocycles. The van der Waals surface area contributed by atoms with Crippen molar-refractivity contribution < 1.29 is 13.5 Å². The number of ether oxygens (including phenoxy) is 1. The van der Waals surface area contributed by atoms with Crippen molar-refractivity contribution in [2.45, 2.75) is 110 Å². The second-order valence-electron chi connectivity index (χ2n) is 12.8. The molecule has 2 aromatic rings. The molecule has 4 rings (SSSR count). The molecule has 2 aliphatic rings. The van der Waals surface area contributed by atoms with Crippen molar-refractivity contribution in [1.29, 1.82) is 0 Å². The molecular weight excluding hydrogens is 476 g/mol. The van der Waals surface area contributed by atoms with Crippen molar-refractivity contribution in [3.8, 4) is 16.9 Å². The predicted molar refractivity (Wildman–Crippen MR) is 154 cm³/mol. The number of piperidine rings is 1. The van der Waals surface area contributed by atoms with Crippen LogP contribution in [-0.4, -0.2) is 22.6 Å². The maximum Gasteiger partial charge on any atom is 0.201 e. The Balaban J connectivity index is 1.38. The van der Waals surface area contributed by atoms with Gasteiger partial charge in [0, 0.05) is 16.6 Å². The van der Waals surface area contributed by atoms with Crippen molar-refractivity contribution in [2.75, 3.05) is 6.61 Å². The summed E-state index contributed by atoms with van der Waals surface area (Å²) in [5.74, 6) is 0.346. The van der Waals surface area contributed by atoms with Crippen LogP contribution >= 0.6 is 0 Å². The molecule has 2 nitrogen and oxygen atoms in total. The molecule has 4 heteroatoms. The number of unbranched alkanes of at least 4 members (excludes halogenated alkanes) is 1. The van der Waals surface area contributed by atoms with Gasteiger partial charge in [-0.05, 0) is 127 Å². The molecule has 1 saturated heterocycles. The fourth-order valence-corrected chi connectivity index (χ4v) is 7.31. The number of hydrogen-bond acceptors (Lipinski definition) is 2. The Morgan fingerprint density at radius 1 is 0.868 bits per heavy atom. The third-order valence-electron chi connectivity index (χ3n) is 9.06. The van der Waals surface area contributed by atoms with Crippen molar-refractivity contribution >= 4 is 0 Å². The second kappa shape index (κ2) is 11.8. The van der Waals surface area contributed by atoms with Gasteiger partial charge in [-0.2, -0.15) is 4.39 Å². The number of halogens is 2. The lowest BCUT2D eigenvalue weighted by atomic mass is 9.64. The van der Waals surface area contributed by atoms with Gasteiger partial charge in [-0.15, -0.1) is 0 Å². The normalized spacial score (nSPS) is 23.6. The molecule has 2 aromatic carbocycles. The Hall–Kier alpha value is -2.36. The molecule has 2 fully saturated rings. The predicted octanol–water partition coefficient (Wildman–Crippen LogP) is 9.89. The van der Waals surface area contributed by atoms with Crippen molar-refractivity contribution in [3.05, 3.63) is 65.9 Å². The smallest absolute Gasteiger partial charge is 0.201 e. The van der Waals surface area contributed by atoms with E-state index >= 15 is 0 Å². The molecule has 1 aliphatic heterocycles. The molecule has 1 aliphatic carbocycles. The van der Waals surface area contributed by atoms with E-state index in [-0.39, 0.29) is 22.4 Å². The number of likely N-dealkylation sites (tertiary alicyclic amines) is 1. The van der Waals surface area contributed by atoms with Crippen LogP contribution in [-0.2, 0) is 0 Å². The number of hydrogen-bond donors (Lipinski definition) is 0. The Labute approximate surface area is 229 Å². The molecule has 0 atom stereocenters. The fourth-order valence-electron chi connectivity index (χ4n) is 7.31. The van der Waals surface area contributed by atoms with Gasteiger partial charge >= 0.3 is 0 Å². The fraction of sp³-hybridized carbons (Fsp3) is 0.588. The third-order valence-corrected chi connectivity index (χ3v) is 9.06. The minimum absolute atomic E-state index is 0.00708. The maximum atomic E-state index is 14.8. The molecule has 0 unspecified atom stereocenters. The van der Waals surface area contributed by atoms with Crippen LogP contribution in [0.4, 0.5) is 8.78 Å². The van der Waals surface area contributed by atoms with Gasteiger partial charge < -0.3 is 9.64 Å². The summed E-state index contributed by atoms with van der Waals surface area (Å²) in [5, 5.41) is 0. The minimum atomic E-state index is -0.899. The van der Waals surface area contributed by atoms with E-state index in [1.165, 1.54) is 44.1 Å². The van der Waals surface area contributed by atoms with E-state index in [1.54, 1.807) is 12.1 Å². The van der Waals surface area contributed by atoms with Gasteiger partial charge in [0.15, 0.2) is 11.6 Å². The highest BCUT2D eigenvalue weighted by atomic mass is 19.2. The molecule has 0 amide bonds. The summed E-state index contributed by atoms with van der Waals surface area (Å²) < 4.78 is 34.9. The highest BCUT2D eigenvalue weighted by Gasteiger charge is 2.46. The lowest BCUT2D eigenvalue weighted by Gasteiger charge is -2.57. The highest BCUT2D eigenvalue weighted by molar-refractivity contribution is 5.65. The lowest BCUT2D eigenvalue weighted by Crippen LogP contribution is -2.58. The number of rotatable bonds is 8. The Bertz CT molecular complexity index is 1080. The van der Waals surface area contributed by atoms with E-state index in [2.05, 4.69) is 63.9 Å². The van der Waals surface area contributed by atoms with Crippen LogP contribution in [0.15, 0.2) is 48.7 Å². The molecular formula is C34H47F2NO. The van der Waals surface area contributed by atoms with Gasteiger partial charge in [-0.1, -0.05) is 43.7 Å². The first kappa shape index (κ1) is 28.6. The van der Waals surface area contributed by atoms with E-state index < -0.39 is 11.6 Å². The van der Waals surface area contributed by atoms with E-state index in [0.717, 1.165) is 24.7 Å². The summed E-state index contributed by atoms with van der Waals surface area (Å²) in [4.78, 5) is 2.57. The van der Waals surface area contributed by atoms with Crippen LogP contribution < -0.4 is 4.74 Å². The van der Waals surface area contributed by atoms with E-state index in [1.807, 2.05) is 19.1 Å². The zero-order chi connectivity index (χ0) is 27.5. The summed E-state index contributed by atoms with van der Waals surface area (Å²) in [6, 6.07) is 11.3. The summed E-state index contributed by atoms with van der Waals surface area (Å²) in [6.07, 6.45) is 13.7. The van der Waals surface area contributed by atoms with E-state index in [4.69, 9.17) is 4.74 Å². The molecule has 0 bridgehead atoms. The monoisotopic (exact) mass is 523 g/mol. The van der Waals surface area contributed by atoms with Gasteiger partial charge in [0.2, 0.25) is 5.82 Å². The average Bonchev–Trinajstić information content (AvgIpc) is 2.89. The molecule has 1 saturated carbocycles. The van der Waals surface area contributed by atoms with Crippen molar-refractivity contribution in [3.63, 3.8) is 0 Å². The first-order valence-corrected chi connectivity index (χ1v) is 14.7. The summed E-state index contributed by atoms with van der Waals surface area (Å²) >= 11 is 0. The summed E-state index contributed by atoms with van der Waals surface area (Å²) in [7, 11) is 0. The van der Waals surface area contributed by atoms with Crippen LogP contribution in [0.2, 0.25) is 0 Å². The molecule has 0 radical (unpaired) electrons. The van der Waals surface area contributed by atoms with Crippen LogP contribution in [0.1, 0.15) is 104 Å². The summed E-state index contributed by atoms with van der Waals surface area (Å²) in [6.45, 7) is 14.1. The molecule has 0 N–H and O–H groups in total. The van der Waals surface area contributed by atoms with Crippen LogP contribution in [0, 0.1) is 23.5 Å². The van der Waals surface area contributed by atoms with Gasteiger partial charge in [-0.25, -0.2) is 4.39 Å². The SMILES string of the molecule is C/C=C/N1C(C)(C)CC(C2CCC(c3ccc(-c4ccc(OCCCC)c(F)c4F)cc3)CC2)CC1(C)C. The van der Waals surface area contributed by atoms with E-state index in [0.29, 0.717) is 18.1 Å². The Morgan fingerprint density at radius 2 is 1.50 bits per heavy atom. The lowest BCUT2D eigenvalue weighted by molar-refractivity contribution is -0.0328. The van der Waals surface area contributed by atoms with Gasteiger partial charge in [0.25, 0.3) is 0 Å². The minimum Gasteiger partial charge on any atom is -0.490 e. The molecule has 38 heavy (non-hydrogen) atoms. The van der Waals surface area contributed by atoms with Crippen molar-refractivity contribution in [1.82, 2.24) is 4.90 Å². The zero-order valence-electron chi connectivity index (χ0n) is 24.3. The summed E-state index contributed by atoms with van der Waals surface area (Å²) in [5.41, 5.74) is 2.64. The van der Waals surface area contributed by atoms with E-state index in [9.17, 15) is 8.78 Å². The highest BCUT2D eigenvalue weighted by Crippen LogP contribution is 2.49. The first-order chi connectivity index (χ1) is 18.1. The number of nitrogens with zero attached hydrogens (tertiary/aromatic N) is 1. The average molecular weight is 524 g/mol. The molecule has 0 spiro atoms. The van der Waals surface area contributed by atoms with Crippen LogP contribution in [0.5, 0.6) is 5.75 Å². The van der Waals surface area contributed by atoms with Crippen LogP contribution in [0.3, 0.4) is 0 Å². The Kier molecular flexibility index (Phi) is 8.89. The Morgan fingerprint density at radius 3 is 2.08 bits per heavy atom.